The molecule has 1 atom stereocenters. The van der Waals surface area contributed by atoms with Gasteiger partial charge in [-0.3, -0.25) is 4.99 Å². The number of aliphatic imine (C=N–C) groups is 1. The van der Waals surface area contributed by atoms with Crippen LogP contribution in [0.5, 0.6) is 0 Å². The average molecular weight is 401 g/mol. The molecule has 29 heavy (non-hydrogen) atoms. The summed E-state index contributed by atoms with van der Waals surface area (Å²) in [6.45, 7) is 3.78. The molecule has 0 bridgehead atoms. The smallest absolute Gasteiger partial charge is 0.135 e. The van der Waals surface area contributed by atoms with E-state index in [0.29, 0.717) is 0 Å². The molecule has 5 rings (SSSR count). The first-order valence-corrected chi connectivity index (χ1v) is 10.0. The van der Waals surface area contributed by atoms with Gasteiger partial charge < -0.3 is 10.2 Å². The summed E-state index contributed by atoms with van der Waals surface area (Å²) in [5.41, 5.74) is 11.3. The van der Waals surface area contributed by atoms with Crippen molar-refractivity contribution in [1.29, 1.82) is 0 Å². The fraction of sp³-hybridized carbons (Fsp3) is 0.0800. The molecular weight excluding hydrogens is 380 g/mol. The van der Waals surface area contributed by atoms with Crippen LogP contribution in [0.3, 0.4) is 0 Å². The van der Waals surface area contributed by atoms with Crippen LogP contribution in [0, 0.1) is 0 Å². The number of nitrogens with zero attached hydrogens (tertiary/aromatic N) is 1. The number of hydrogen-bond donors (Lipinski definition) is 1. The second kappa shape index (κ2) is 8.08. The van der Waals surface area contributed by atoms with E-state index in [-0.39, 0.29) is 6.04 Å². The Kier molecular flexibility index (Phi) is 5.34. The van der Waals surface area contributed by atoms with E-state index in [2.05, 4.69) is 59.7 Å². The molecule has 0 aliphatic rings. The zero-order valence-corrected chi connectivity index (χ0v) is 16.9. The standard InChI is InChI=1S/C24H18N2O.CH3Cl/c1-26-24-17-7-3-2-6-15(17)10-12-19(24)23(25)16-11-13-22-20(14-16)18-8-4-5-9-21(18)27-22;1-2/h2-14,23H,1,25H2;1H3. The van der Waals surface area contributed by atoms with E-state index in [0.717, 1.165) is 49.5 Å². The van der Waals surface area contributed by atoms with Crippen molar-refractivity contribution in [1.82, 2.24) is 0 Å². The van der Waals surface area contributed by atoms with Gasteiger partial charge in [0, 0.05) is 22.5 Å². The molecule has 144 valence electrons. The maximum atomic E-state index is 6.67. The molecule has 4 heteroatoms. The lowest BCUT2D eigenvalue weighted by atomic mass is 9.94. The Morgan fingerprint density at radius 3 is 2.31 bits per heavy atom. The molecule has 1 aromatic heterocycles. The highest BCUT2D eigenvalue weighted by molar-refractivity contribution is 6.15. The molecule has 0 fully saturated rings. The first-order valence-electron chi connectivity index (χ1n) is 9.29. The van der Waals surface area contributed by atoms with E-state index >= 15 is 0 Å². The predicted octanol–water partition coefficient (Wildman–Crippen LogP) is 6.97. The molecule has 0 amide bonds. The van der Waals surface area contributed by atoms with Gasteiger partial charge in [0.1, 0.15) is 11.2 Å². The molecular formula is C25H21ClN2O. The van der Waals surface area contributed by atoms with Crippen LogP contribution in [-0.4, -0.2) is 13.1 Å². The number of benzene rings is 4. The van der Waals surface area contributed by atoms with Crippen LogP contribution in [-0.2, 0) is 0 Å². The molecule has 0 aliphatic carbocycles. The van der Waals surface area contributed by atoms with E-state index in [1.54, 1.807) is 0 Å². The summed E-state index contributed by atoms with van der Waals surface area (Å²) in [7, 11) is 0. The highest BCUT2D eigenvalue weighted by Gasteiger charge is 2.17. The van der Waals surface area contributed by atoms with Crippen molar-refractivity contribution in [2.45, 2.75) is 6.04 Å². The van der Waals surface area contributed by atoms with Crippen molar-refractivity contribution in [2.75, 3.05) is 6.38 Å². The zero-order valence-electron chi connectivity index (χ0n) is 16.1. The van der Waals surface area contributed by atoms with Crippen LogP contribution in [0.15, 0.2) is 88.3 Å². The molecule has 5 aromatic rings. The van der Waals surface area contributed by atoms with E-state index in [1.807, 2.05) is 42.5 Å². The van der Waals surface area contributed by atoms with Gasteiger partial charge in [-0.25, -0.2) is 0 Å². The molecule has 1 unspecified atom stereocenters. The Morgan fingerprint density at radius 1 is 0.828 bits per heavy atom. The number of hydrogen-bond acceptors (Lipinski definition) is 3. The van der Waals surface area contributed by atoms with Gasteiger partial charge in [-0.2, -0.15) is 0 Å². The third kappa shape index (κ3) is 3.29. The third-order valence-corrected chi connectivity index (χ3v) is 5.18. The molecule has 1 heterocycles. The minimum atomic E-state index is -0.298. The Bertz CT molecular complexity index is 1320. The number of fused-ring (bicyclic) bond motifs is 4. The van der Waals surface area contributed by atoms with E-state index in [4.69, 9.17) is 10.2 Å². The van der Waals surface area contributed by atoms with Crippen molar-refractivity contribution in [3.63, 3.8) is 0 Å². The quantitative estimate of drug-likeness (QED) is 0.262. The second-order valence-corrected chi connectivity index (χ2v) is 6.71. The van der Waals surface area contributed by atoms with Gasteiger partial charge in [0.2, 0.25) is 0 Å². The van der Waals surface area contributed by atoms with Crippen LogP contribution in [0.2, 0.25) is 0 Å². The fourth-order valence-electron chi connectivity index (χ4n) is 3.82. The molecule has 3 nitrogen and oxygen atoms in total. The number of alkyl halides is 1. The largest absolute Gasteiger partial charge is 0.456 e. The second-order valence-electron chi connectivity index (χ2n) is 6.71. The van der Waals surface area contributed by atoms with Crippen LogP contribution in [0.1, 0.15) is 17.2 Å². The number of para-hydroxylation sites is 1. The van der Waals surface area contributed by atoms with E-state index in [1.165, 1.54) is 6.38 Å². The maximum absolute atomic E-state index is 6.67. The highest BCUT2D eigenvalue weighted by atomic mass is 35.5. The van der Waals surface area contributed by atoms with Crippen LogP contribution >= 0.6 is 11.6 Å². The summed E-state index contributed by atoms with van der Waals surface area (Å²) in [6.07, 6.45) is 1.47. The number of furan rings is 1. The Labute approximate surface area is 174 Å². The predicted molar refractivity (Wildman–Crippen MR) is 125 cm³/mol. The molecule has 2 N–H and O–H groups in total. The lowest BCUT2D eigenvalue weighted by molar-refractivity contribution is 0.668. The Morgan fingerprint density at radius 2 is 1.52 bits per heavy atom. The minimum absolute atomic E-state index is 0.298. The topological polar surface area (TPSA) is 51.5 Å². The molecule has 4 aromatic carbocycles. The first kappa shape index (κ1) is 19.2. The lowest BCUT2D eigenvalue weighted by Gasteiger charge is -2.16. The van der Waals surface area contributed by atoms with Crippen molar-refractivity contribution in [3.8, 4) is 0 Å². The van der Waals surface area contributed by atoms with Gasteiger partial charge in [-0.05, 0) is 41.4 Å². The summed E-state index contributed by atoms with van der Waals surface area (Å²) < 4.78 is 5.93. The summed E-state index contributed by atoms with van der Waals surface area (Å²) in [6, 6.07) is 26.2. The normalized spacial score (nSPS) is 12.0. The summed E-state index contributed by atoms with van der Waals surface area (Å²) in [4.78, 5) is 4.30. The van der Waals surface area contributed by atoms with Gasteiger partial charge in [0.05, 0.1) is 11.7 Å². The Balaban J connectivity index is 0.000000994. The SMILES string of the molecule is C=Nc1c(C(N)c2ccc3oc4ccccc4c3c2)ccc2ccccc12.CCl. The van der Waals surface area contributed by atoms with Crippen LogP contribution in [0.25, 0.3) is 32.7 Å². The summed E-state index contributed by atoms with van der Waals surface area (Å²) >= 11 is 4.64. The molecule has 0 radical (unpaired) electrons. The monoisotopic (exact) mass is 400 g/mol. The first-order chi connectivity index (χ1) is 14.3. The third-order valence-electron chi connectivity index (χ3n) is 5.18. The maximum Gasteiger partial charge on any atom is 0.135 e. The van der Waals surface area contributed by atoms with E-state index in [9.17, 15) is 0 Å². The average Bonchev–Trinajstić information content (AvgIpc) is 3.17. The molecule has 0 aliphatic heterocycles. The number of nitrogens with two attached hydrogens (primary N) is 1. The summed E-state index contributed by atoms with van der Waals surface area (Å²) in [5, 5.41) is 4.37. The van der Waals surface area contributed by atoms with Crippen molar-refractivity contribution in [3.05, 3.63) is 90.0 Å². The van der Waals surface area contributed by atoms with Gasteiger partial charge >= 0.3 is 0 Å². The van der Waals surface area contributed by atoms with Gasteiger partial charge in [0.15, 0.2) is 0 Å². The highest BCUT2D eigenvalue weighted by Crippen LogP contribution is 2.37. The van der Waals surface area contributed by atoms with Gasteiger partial charge in [-0.1, -0.05) is 60.7 Å². The molecule has 0 spiro atoms. The fourth-order valence-corrected chi connectivity index (χ4v) is 3.82. The van der Waals surface area contributed by atoms with Crippen molar-refractivity contribution in [2.24, 2.45) is 10.7 Å². The molecule has 0 saturated carbocycles. The van der Waals surface area contributed by atoms with Crippen LogP contribution in [0.4, 0.5) is 5.69 Å². The Hall–Kier alpha value is -3.14. The van der Waals surface area contributed by atoms with E-state index < -0.39 is 0 Å². The summed E-state index contributed by atoms with van der Waals surface area (Å²) in [5.74, 6) is 0. The zero-order chi connectivity index (χ0) is 20.4. The minimum Gasteiger partial charge on any atom is -0.456 e. The van der Waals surface area contributed by atoms with Crippen molar-refractivity contribution < 1.29 is 4.42 Å². The van der Waals surface area contributed by atoms with Gasteiger partial charge in [0.25, 0.3) is 0 Å². The molecule has 0 saturated heterocycles. The van der Waals surface area contributed by atoms with Crippen molar-refractivity contribution >= 4 is 56.7 Å². The van der Waals surface area contributed by atoms with Gasteiger partial charge in [-0.15, -0.1) is 11.6 Å². The number of rotatable bonds is 3. The van der Waals surface area contributed by atoms with Crippen LogP contribution < -0.4 is 5.73 Å². The lowest BCUT2D eigenvalue weighted by Crippen LogP contribution is -2.12. The number of halogens is 1.